The van der Waals surface area contributed by atoms with Crippen molar-refractivity contribution >= 4 is 21.9 Å². The molecule has 1 aromatic heterocycles. The lowest BCUT2D eigenvalue weighted by atomic mass is 9.96. The quantitative estimate of drug-likeness (QED) is 0.628. The van der Waals surface area contributed by atoms with Gasteiger partial charge in [0.1, 0.15) is 0 Å². The van der Waals surface area contributed by atoms with Gasteiger partial charge in [0, 0.05) is 25.0 Å². The largest absolute Gasteiger partial charge is 0.338 e. The molecule has 0 atom stereocenters. The van der Waals surface area contributed by atoms with E-state index in [9.17, 15) is 8.42 Å². The summed E-state index contributed by atoms with van der Waals surface area (Å²) in [7, 11) is -2.90. The topological polar surface area (TPSA) is 96.5 Å². The lowest BCUT2D eigenvalue weighted by Crippen LogP contribution is -2.25. The van der Waals surface area contributed by atoms with Crippen molar-refractivity contribution in [2.45, 2.75) is 25.8 Å². The van der Waals surface area contributed by atoms with Crippen LogP contribution in [0.1, 0.15) is 25.3 Å². The fourth-order valence-corrected chi connectivity index (χ4v) is 2.20. The van der Waals surface area contributed by atoms with E-state index in [1.54, 1.807) is 24.3 Å². The van der Waals surface area contributed by atoms with E-state index in [1.807, 2.05) is 13.8 Å². The van der Waals surface area contributed by atoms with Crippen molar-refractivity contribution in [3.05, 3.63) is 35.7 Å². The van der Waals surface area contributed by atoms with Crippen LogP contribution in [-0.2, 0) is 22.3 Å². The highest BCUT2D eigenvalue weighted by Crippen LogP contribution is 2.25. The molecule has 7 nitrogen and oxygen atoms in total. The maximum absolute atomic E-state index is 11.0. The second-order valence-corrected chi connectivity index (χ2v) is 7.66. The number of hydrogen-bond acceptors (Lipinski definition) is 5. The summed E-state index contributed by atoms with van der Waals surface area (Å²) in [4.78, 5) is 4.34. The minimum atomic E-state index is -4.20. The Kier molecular flexibility index (Phi) is 5.10. The van der Waals surface area contributed by atoms with Gasteiger partial charge in [0.25, 0.3) is 0 Å². The van der Waals surface area contributed by atoms with Crippen molar-refractivity contribution in [3.8, 4) is 11.4 Å². The fourth-order valence-electron chi connectivity index (χ4n) is 1.77. The summed E-state index contributed by atoms with van der Waals surface area (Å²) in [5, 5.41) is 3.94. The van der Waals surface area contributed by atoms with Crippen LogP contribution >= 0.6 is 11.6 Å². The van der Waals surface area contributed by atoms with Crippen molar-refractivity contribution in [2.75, 3.05) is 12.9 Å². The summed E-state index contributed by atoms with van der Waals surface area (Å²) in [6, 6.07) is 6.99. The fraction of sp³-hybridized carbons (Fsp3) is 0.429. The van der Waals surface area contributed by atoms with E-state index in [0.29, 0.717) is 17.6 Å². The zero-order valence-electron chi connectivity index (χ0n) is 13.0. The SMILES string of the molecule is CN(Cc1ccc(-c2noc(C(C)(C)CCl)n2)cc1)S(=O)(=O)O. The average molecular weight is 360 g/mol. The summed E-state index contributed by atoms with van der Waals surface area (Å²) in [5.41, 5.74) is 1.05. The van der Waals surface area contributed by atoms with Gasteiger partial charge in [-0.05, 0) is 19.4 Å². The predicted octanol–water partition coefficient (Wildman–Crippen LogP) is 2.49. The first-order valence-electron chi connectivity index (χ1n) is 6.82. The molecular weight excluding hydrogens is 342 g/mol. The molecule has 0 unspecified atom stereocenters. The lowest BCUT2D eigenvalue weighted by molar-refractivity contribution is 0.323. The van der Waals surface area contributed by atoms with Gasteiger partial charge in [-0.3, -0.25) is 4.55 Å². The van der Waals surface area contributed by atoms with Gasteiger partial charge in [-0.15, -0.1) is 11.6 Å². The van der Waals surface area contributed by atoms with Gasteiger partial charge in [-0.2, -0.15) is 17.7 Å². The standard InChI is InChI=1S/C14H18ClN3O4S/c1-14(2,9-15)13-16-12(17-22-13)11-6-4-10(5-7-11)8-18(3)23(19,20)21/h4-7H,8-9H2,1-3H3,(H,19,20,21). The van der Waals surface area contributed by atoms with Gasteiger partial charge in [-0.1, -0.05) is 29.4 Å². The van der Waals surface area contributed by atoms with E-state index >= 15 is 0 Å². The third kappa shape index (κ3) is 4.29. The van der Waals surface area contributed by atoms with E-state index < -0.39 is 15.7 Å². The van der Waals surface area contributed by atoms with Crippen LogP contribution in [0.5, 0.6) is 0 Å². The Morgan fingerprint density at radius 1 is 1.30 bits per heavy atom. The second-order valence-electron chi connectivity index (χ2n) is 5.87. The molecule has 9 heteroatoms. The molecule has 0 saturated heterocycles. The van der Waals surface area contributed by atoms with Crippen LogP contribution in [0, 0.1) is 0 Å². The van der Waals surface area contributed by atoms with E-state index in [-0.39, 0.29) is 6.54 Å². The first-order chi connectivity index (χ1) is 10.6. The number of benzene rings is 1. The first-order valence-corrected chi connectivity index (χ1v) is 8.75. The first kappa shape index (κ1) is 17.9. The number of rotatable bonds is 6. The maximum atomic E-state index is 11.0. The van der Waals surface area contributed by atoms with Crippen LogP contribution in [0.15, 0.2) is 28.8 Å². The van der Waals surface area contributed by atoms with Crippen LogP contribution in [0.3, 0.4) is 0 Å². The van der Waals surface area contributed by atoms with E-state index in [4.69, 9.17) is 20.7 Å². The molecule has 2 rings (SSSR count). The van der Waals surface area contributed by atoms with Crippen LogP contribution < -0.4 is 0 Å². The molecule has 1 heterocycles. The van der Waals surface area contributed by atoms with Crippen LogP contribution in [0.4, 0.5) is 0 Å². The molecule has 0 saturated carbocycles. The van der Waals surface area contributed by atoms with Crippen LogP contribution in [0.2, 0.25) is 0 Å². The molecule has 23 heavy (non-hydrogen) atoms. The number of hydrogen-bond donors (Lipinski definition) is 1. The summed E-state index contributed by atoms with van der Waals surface area (Å²) in [6.07, 6.45) is 0. The highest BCUT2D eigenvalue weighted by atomic mass is 35.5. The Labute approximate surface area is 140 Å². The molecule has 0 aliphatic rings. The Morgan fingerprint density at radius 3 is 2.43 bits per heavy atom. The molecule has 1 aromatic carbocycles. The minimum absolute atomic E-state index is 0.0654. The predicted molar refractivity (Wildman–Crippen MR) is 86.5 cm³/mol. The second kappa shape index (κ2) is 6.56. The van der Waals surface area contributed by atoms with Gasteiger partial charge < -0.3 is 4.52 Å². The number of nitrogens with zero attached hydrogens (tertiary/aromatic N) is 3. The van der Waals surface area contributed by atoms with Crippen molar-refractivity contribution in [3.63, 3.8) is 0 Å². The van der Waals surface area contributed by atoms with Gasteiger partial charge in [0.15, 0.2) is 0 Å². The summed E-state index contributed by atoms with van der Waals surface area (Å²) in [6.45, 7) is 3.88. The zero-order valence-corrected chi connectivity index (χ0v) is 14.6. The lowest BCUT2D eigenvalue weighted by Gasteiger charge is -2.14. The average Bonchev–Trinajstić information content (AvgIpc) is 2.97. The molecule has 0 bridgehead atoms. The summed E-state index contributed by atoms with van der Waals surface area (Å²) in [5.74, 6) is 1.25. The van der Waals surface area contributed by atoms with E-state index in [1.165, 1.54) is 7.05 Å². The van der Waals surface area contributed by atoms with Crippen molar-refractivity contribution in [1.29, 1.82) is 0 Å². The third-order valence-electron chi connectivity index (χ3n) is 3.35. The van der Waals surface area contributed by atoms with Crippen LogP contribution in [0.25, 0.3) is 11.4 Å². The molecule has 1 N–H and O–H groups in total. The van der Waals surface area contributed by atoms with Crippen molar-refractivity contribution in [2.24, 2.45) is 0 Å². The normalized spacial score (nSPS) is 12.8. The Balaban J connectivity index is 2.17. The Hall–Kier alpha value is -1.48. The molecule has 126 valence electrons. The Bertz CT molecular complexity index is 772. The van der Waals surface area contributed by atoms with Crippen LogP contribution in [-0.4, -0.2) is 40.3 Å². The summed E-state index contributed by atoms with van der Waals surface area (Å²) < 4.78 is 37.0. The van der Waals surface area contributed by atoms with Gasteiger partial charge >= 0.3 is 10.3 Å². The molecule has 0 aliphatic carbocycles. The van der Waals surface area contributed by atoms with E-state index in [2.05, 4.69) is 10.1 Å². The summed E-state index contributed by atoms with van der Waals surface area (Å²) >= 11 is 5.89. The van der Waals surface area contributed by atoms with Gasteiger partial charge in [0.05, 0.1) is 5.41 Å². The molecule has 2 aromatic rings. The third-order valence-corrected chi connectivity index (χ3v) is 4.94. The van der Waals surface area contributed by atoms with Gasteiger partial charge in [0.2, 0.25) is 11.7 Å². The molecule has 0 fully saturated rings. The Morgan fingerprint density at radius 2 is 1.91 bits per heavy atom. The monoisotopic (exact) mass is 359 g/mol. The number of aromatic nitrogens is 2. The zero-order chi connectivity index (χ0) is 17.3. The molecule has 0 spiro atoms. The van der Waals surface area contributed by atoms with Gasteiger partial charge in [-0.25, -0.2) is 0 Å². The number of alkyl halides is 1. The molecule has 0 amide bonds. The van der Waals surface area contributed by atoms with Crippen molar-refractivity contribution in [1.82, 2.24) is 14.4 Å². The molecular formula is C14H18ClN3O4S. The highest BCUT2D eigenvalue weighted by Gasteiger charge is 2.27. The molecule has 0 radical (unpaired) electrons. The molecule has 0 aliphatic heterocycles. The number of halogens is 1. The smallest absolute Gasteiger partial charge is 0.335 e. The minimum Gasteiger partial charge on any atom is -0.338 e. The van der Waals surface area contributed by atoms with Crippen molar-refractivity contribution < 1.29 is 17.5 Å². The van der Waals surface area contributed by atoms with E-state index in [0.717, 1.165) is 15.4 Å². The maximum Gasteiger partial charge on any atom is 0.335 e. The highest BCUT2D eigenvalue weighted by molar-refractivity contribution is 7.83.